The van der Waals surface area contributed by atoms with Crippen molar-refractivity contribution < 1.29 is 0 Å². The van der Waals surface area contributed by atoms with Crippen molar-refractivity contribution in [3.63, 3.8) is 0 Å². The van der Waals surface area contributed by atoms with Gasteiger partial charge < -0.3 is 4.57 Å². The van der Waals surface area contributed by atoms with Gasteiger partial charge in [0.2, 0.25) is 5.95 Å². The minimum absolute atomic E-state index is 0.580. The summed E-state index contributed by atoms with van der Waals surface area (Å²) >= 11 is 0. The third-order valence-corrected chi connectivity index (χ3v) is 9.59. The van der Waals surface area contributed by atoms with Gasteiger partial charge in [0.1, 0.15) is 0 Å². The SMILES string of the molecule is c1ccc(-c2ccc(-c3nc(-c4ccccc4)nc(-n4c5ccccc5c5ccc6c(c7ccccc7n6-c6ccccc6)c54)n3)cc2)cc1. The molecule has 7 aromatic carbocycles. The number of aromatic nitrogens is 5. The fourth-order valence-electron chi connectivity index (χ4n) is 7.32. The number of fused-ring (bicyclic) bond motifs is 7. The van der Waals surface area contributed by atoms with E-state index >= 15 is 0 Å². The molecule has 0 amide bonds. The van der Waals surface area contributed by atoms with Crippen LogP contribution in [0.1, 0.15) is 0 Å². The molecule has 0 saturated carbocycles. The van der Waals surface area contributed by atoms with Gasteiger partial charge in [-0.3, -0.25) is 4.57 Å². The average Bonchev–Trinajstić information content (AvgIpc) is 3.72. The topological polar surface area (TPSA) is 48.5 Å². The highest BCUT2D eigenvalue weighted by molar-refractivity contribution is 6.26. The molecule has 5 nitrogen and oxygen atoms in total. The molecule has 234 valence electrons. The summed E-state index contributed by atoms with van der Waals surface area (Å²) < 4.78 is 4.60. The molecule has 50 heavy (non-hydrogen) atoms. The van der Waals surface area contributed by atoms with E-state index in [2.05, 4.69) is 161 Å². The zero-order valence-corrected chi connectivity index (χ0v) is 27.0. The average molecular weight is 640 g/mol. The zero-order valence-electron chi connectivity index (χ0n) is 27.0. The Hall–Kier alpha value is -6.85. The lowest BCUT2D eigenvalue weighted by atomic mass is 10.0. The Balaban J connectivity index is 1.29. The lowest BCUT2D eigenvalue weighted by molar-refractivity contribution is 0.955. The Morgan fingerprint density at radius 3 is 1.50 bits per heavy atom. The molecule has 5 heteroatoms. The van der Waals surface area contributed by atoms with Crippen molar-refractivity contribution >= 4 is 43.6 Å². The first-order valence-corrected chi connectivity index (χ1v) is 16.8. The van der Waals surface area contributed by atoms with E-state index in [0.29, 0.717) is 17.6 Å². The van der Waals surface area contributed by atoms with Crippen LogP contribution in [0, 0.1) is 0 Å². The van der Waals surface area contributed by atoms with E-state index < -0.39 is 0 Å². The lowest BCUT2D eigenvalue weighted by Gasteiger charge is -2.12. The van der Waals surface area contributed by atoms with Crippen LogP contribution in [-0.4, -0.2) is 24.1 Å². The second-order valence-electron chi connectivity index (χ2n) is 12.5. The summed E-state index contributed by atoms with van der Waals surface area (Å²) in [6.45, 7) is 0. The highest BCUT2D eigenvalue weighted by Crippen LogP contribution is 2.41. The molecule has 0 aliphatic carbocycles. The minimum Gasteiger partial charge on any atom is -0.309 e. The molecule has 0 spiro atoms. The molecule has 3 heterocycles. The molecule has 10 aromatic rings. The van der Waals surface area contributed by atoms with Crippen LogP contribution in [0.3, 0.4) is 0 Å². The predicted molar refractivity (Wildman–Crippen MR) is 205 cm³/mol. The van der Waals surface area contributed by atoms with Crippen molar-refractivity contribution in [3.8, 4) is 45.5 Å². The highest BCUT2D eigenvalue weighted by atomic mass is 15.2. The number of nitrogens with zero attached hydrogens (tertiary/aromatic N) is 5. The summed E-state index contributed by atoms with van der Waals surface area (Å²) in [5.74, 6) is 1.83. The first-order valence-electron chi connectivity index (χ1n) is 16.8. The molecule has 0 aliphatic heterocycles. The second kappa shape index (κ2) is 11.4. The summed E-state index contributed by atoms with van der Waals surface area (Å²) in [4.78, 5) is 15.5. The number of rotatable bonds is 5. The Morgan fingerprint density at radius 2 is 0.820 bits per heavy atom. The smallest absolute Gasteiger partial charge is 0.238 e. The van der Waals surface area contributed by atoms with Crippen LogP contribution in [0.2, 0.25) is 0 Å². The van der Waals surface area contributed by atoms with Crippen molar-refractivity contribution in [2.45, 2.75) is 0 Å². The van der Waals surface area contributed by atoms with Crippen LogP contribution in [0.15, 0.2) is 176 Å². The van der Waals surface area contributed by atoms with Gasteiger partial charge in [0.25, 0.3) is 0 Å². The molecule has 3 aromatic heterocycles. The molecule has 0 radical (unpaired) electrons. The van der Waals surface area contributed by atoms with Gasteiger partial charge in [0.15, 0.2) is 11.6 Å². The summed E-state index contributed by atoms with van der Waals surface area (Å²) in [7, 11) is 0. The largest absolute Gasteiger partial charge is 0.309 e. The number of benzene rings is 7. The van der Waals surface area contributed by atoms with E-state index in [1.165, 1.54) is 10.9 Å². The minimum atomic E-state index is 0.580. The van der Waals surface area contributed by atoms with Crippen molar-refractivity contribution in [1.29, 1.82) is 0 Å². The van der Waals surface area contributed by atoms with Gasteiger partial charge in [-0.25, -0.2) is 4.98 Å². The Morgan fingerprint density at radius 1 is 0.320 bits per heavy atom. The fourth-order valence-corrected chi connectivity index (χ4v) is 7.32. The quantitative estimate of drug-likeness (QED) is 0.188. The Bertz CT molecular complexity index is 2840. The number of hydrogen-bond donors (Lipinski definition) is 0. The van der Waals surface area contributed by atoms with Crippen LogP contribution >= 0.6 is 0 Å². The molecule has 0 aliphatic rings. The van der Waals surface area contributed by atoms with Gasteiger partial charge in [-0.15, -0.1) is 0 Å². The lowest BCUT2D eigenvalue weighted by Crippen LogP contribution is -2.06. The van der Waals surface area contributed by atoms with Crippen LogP contribution < -0.4 is 0 Å². The third kappa shape index (κ3) is 4.45. The number of hydrogen-bond acceptors (Lipinski definition) is 3. The molecular formula is C45H29N5. The van der Waals surface area contributed by atoms with Crippen LogP contribution in [0.4, 0.5) is 0 Å². The van der Waals surface area contributed by atoms with Crippen LogP contribution in [0.25, 0.3) is 89.2 Å². The monoisotopic (exact) mass is 639 g/mol. The van der Waals surface area contributed by atoms with Crippen LogP contribution in [-0.2, 0) is 0 Å². The highest BCUT2D eigenvalue weighted by Gasteiger charge is 2.23. The molecule has 0 bridgehead atoms. The molecular weight excluding hydrogens is 611 g/mol. The molecule has 10 rings (SSSR count). The summed E-state index contributed by atoms with van der Waals surface area (Å²) in [5, 5.41) is 4.64. The Kier molecular flexibility index (Phi) is 6.42. The van der Waals surface area contributed by atoms with Crippen molar-refractivity contribution in [2.75, 3.05) is 0 Å². The zero-order chi connectivity index (χ0) is 33.0. The summed E-state index contributed by atoms with van der Waals surface area (Å²) in [6.07, 6.45) is 0. The van der Waals surface area contributed by atoms with Gasteiger partial charge in [-0.05, 0) is 41.5 Å². The first-order chi connectivity index (χ1) is 24.8. The van der Waals surface area contributed by atoms with Gasteiger partial charge in [-0.1, -0.05) is 146 Å². The van der Waals surface area contributed by atoms with E-state index in [9.17, 15) is 0 Å². The maximum absolute atomic E-state index is 5.26. The fraction of sp³-hybridized carbons (Fsp3) is 0. The van der Waals surface area contributed by atoms with Gasteiger partial charge in [-0.2, -0.15) is 9.97 Å². The van der Waals surface area contributed by atoms with Gasteiger partial charge >= 0.3 is 0 Å². The van der Waals surface area contributed by atoms with E-state index in [4.69, 9.17) is 15.0 Å². The first kappa shape index (κ1) is 28.2. The predicted octanol–water partition coefficient (Wildman–Crippen LogP) is 11.1. The summed E-state index contributed by atoms with van der Waals surface area (Å²) in [5.41, 5.74) is 9.69. The van der Waals surface area contributed by atoms with Crippen molar-refractivity contribution in [2.24, 2.45) is 0 Å². The maximum Gasteiger partial charge on any atom is 0.238 e. The van der Waals surface area contributed by atoms with Gasteiger partial charge in [0, 0.05) is 38.4 Å². The summed E-state index contributed by atoms with van der Waals surface area (Å²) in [6, 6.07) is 61.4. The van der Waals surface area contributed by atoms with E-state index in [1.807, 2.05) is 24.3 Å². The molecule has 0 saturated heterocycles. The standard InChI is InChI=1S/C45H29N5/c1-4-14-30(15-5-1)31-24-26-33(27-25-31)44-46-43(32-16-6-2-7-17-32)47-45(48-44)50-38-22-12-10-20-35(38)36-28-29-40-41(42(36)50)37-21-11-13-23-39(37)49(40)34-18-8-3-9-19-34/h1-29H. The van der Waals surface area contributed by atoms with E-state index in [0.717, 1.165) is 60.6 Å². The van der Waals surface area contributed by atoms with E-state index in [-0.39, 0.29) is 0 Å². The van der Waals surface area contributed by atoms with Crippen LogP contribution in [0.5, 0.6) is 0 Å². The third-order valence-electron chi connectivity index (χ3n) is 9.59. The molecule has 0 atom stereocenters. The van der Waals surface area contributed by atoms with Crippen molar-refractivity contribution in [3.05, 3.63) is 176 Å². The number of para-hydroxylation sites is 3. The Labute approximate surface area is 288 Å². The molecule has 0 fully saturated rings. The van der Waals surface area contributed by atoms with E-state index in [1.54, 1.807) is 0 Å². The molecule has 0 unspecified atom stereocenters. The normalized spacial score (nSPS) is 11.6. The second-order valence-corrected chi connectivity index (χ2v) is 12.5. The molecule has 0 N–H and O–H groups in total. The van der Waals surface area contributed by atoms with Gasteiger partial charge in [0.05, 0.1) is 22.1 Å². The van der Waals surface area contributed by atoms with Crippen molar-refractivity contribution in [1.82, 2.24) is 24.1 Å². The maximum atomic E-state index is 5.26.